The van der Waals surface area contributed by atoms with Gasteiger partial charge >= 0.3 is 11.9 Å². The summed E-state index contributed by atoms with van der Waals surface area (Å²) in [5.41, 5.74) is 0.254. The zero-order valence-corrected chi connectivity index (χ0v) is 8.26. The van der Waals surface area contributed by atoms with Crippen LogP contribution in [0.5, 0.6) is 0 Å². The number of esters is 2. The Morgan fingerprint density at radius 1 is 1.31 bits per heavy atom. The van der Waals surface area contributed by atoms with Gasteiger partial charge in [-0.25, -0.2) is 4.79 Å². The van der Waals surface area contributed by atoms with Crippen LogP contribution in [0.3, 0.4) is 0 Å². The molecular weight excluding hydrogens is 168 g/mol. The van der Waals surface area contributed by atoms with Gasteiger partial charge in [0.2, 0.25) is 0 Å². The molecule has 3 heteroatoms. The van der Waals surface area contributed by atoms with Gasteiger partial charge in [0.1, 0.15) is 0 Å². The van der Waals surface area contributed by atoms with Crippen LogP contribution in [0.4, 0.5) is 0 Å². The first kappa shape index (κ1) is 11.9. The summed E-state index contributed by atoms with van der Waals surface area (Å²) >= 11 is 0. The van der Waals surface area contributed by atoms with E-state index in [1.54, 1.807) is 0 Å². The van der Waals surface area contributed by atoms with E-state index in [4.69, 9.17) is 0 Å². The monoisotopic (exact) mass is 184 g/mol. The molecular formula is C10H16O3. The molecule has 3 nitrogen and oxygen atoms in total. The minimum atomic E-state index is -0.624. The molecule has 0 amide bonds. The molecule has 0 saturated carbocycles. The van der Waals surface area contributed by atoms with Crippen molar-refractivity contribution in [2.24, 2.45) is 0 Å². The van der Waals surface area contributed by atoms with Crippen molar-refractivity contribution in [2.75, 3.05) is 0 Å². The SMILES string of the molecule is C=C(C)C(=O)OC(=O)CCCCC. The first-order valence-electron chi connectivity index (χ1n) is 4.48. The zero-order chi connectivity index (χ0) is 10.3. The summed E-state index contributed by atoms with van der Waals surface area (Å²) in [5, 5.41) is 0. The molecule has 0 unspecified atom stereocenters. The second kappa shape index (κ2) is 6.40. The van der Waals surface area contributed by atoms with Crippen molar-refractivity contribution < 1.29 is 14.3 Å². The zero-order valence-electron chi connectivity index (χ0n) is 8.26. The lowest BCUT2D eigenvalue weighted by molar-refractivity contribution is -0.156. The van der Waals surface area contributed by atoms with Gasteiger partial charge in [-0.1, -0.05) is 26.3 Å². The Bertz CT molecular complexity index is 206. The van der Waals surface area contributed by atoms with Crippen molar-refractivity contribution in [3.63, 3.8) is 0 Å². The highest BCUT2D eigenvalue weighted by atomic mass is 16.6. The van der Waals surface area contributed by atoms with Crippen molar-refractivity contribution >= 4 is 11.9 Å². The normalized spacial score (nSPS) is 9.38. The summed E-state index contributed by atoms with van der Waals surface area (Å²) in [4.78, 5) is 21.8. The maximum atomic E-state index is 10.9. The van der Waals surface area contributed by atoms with E-state index in [9.17, 15) is 9.59 Å². The third-order valence-corrected chi connectivity index (χ3v) is 1.54. The second-order valence-corrected chi connectivity index (χ2v) is 3.00. The molecule has 74 valence electrons. The summed E-state index contributed by atoms with van der Waals surface area (Å²) in [6.07, 6.45) is 3.11. The van der Waals surface area contributed by atoms with Crippen LogP contribution in [0.1, 0.15) is 39.5 Å². The molecule has 13 heavy (non-hydrogen) atoms. The first-order chi connectivity index (χ1) is 6.07. The molecule has 0 N–H and O–H groups in total. The predicted molar refractivity (Wildman–Crippen MR) is 50.1 cm³/mol. The Kier molecular flexibility index (Phi) is 5.85. The number of ether oxygens (including phenoxy) is 1. The summed E-state index contributed by atoms with van der Waals surface area (Å²) in [6.45, 7) is 6.94. The van der Waals surface area contributed by atoms with Crippen molar-refractivity contribution in [3.8, 4) is 0 Å². The molecule has 0 atom stereocenters. The standard InChI is InChI=1S/C10H16O3/c1-4-5-6-7-9(11)13-10(12)8(2)3/h2,4-7H2,1,3H3. The van der Waals surface area contributed by atoms with E-state index in [-0.39, 0.29) is 5.57 Å². The smallest absolute Gasteiger partial charge is 0.340 e. The third-order valence-electron chi connectivity index (χ3n) is 1.54. The van der Waals surface area contributed by atoms with E-state index in [0.29, 0.717) is 6.42 Å². The lowest BCUT2D eigenvalue weighted by Crippen LogP contribution is -2.12. The largest absolute Gasteiger partial charge is 0.390 e. The third kappa shape index (κ3) is 6.08. The highest BCUT2D eigenvalue weighted by molar-refractivity contribution is 5.95. The highest BCUT2D eigenvalue weighted by Crippen LogP contribution is 2.02. The molecule has 0 aromatic carbocycles. The Morgan fingerprint density at radius 2 is 1.92 bits per heavy atom. The maximum absolute atomic E-state index is 10.9. The molecule has 0 heterocycles. The number of rotatable bonds is 5. The number of carbonyl (C=O) groups is 2. The quantitative estimate of drug-likeness (QED) is 0.285. The van der Waals surface area contributed by atoms with Gasteiger partial charge < -0.3 is 4.74 Å². The average Bonchev–Trinajstić information content (AvgIpc) is 2.04. The van der Waals surface area contributed by atoms with Crippen molar-refractivity contribution in [2.45, 2.75) is 39.5 Å². The highest BCUT2D eigenvalue weighted by Gasteiger charge is 2.09. The van der Waals surface area contributed by atoms with Gasteiger partial charge in [0, 0.05) is 12.0 Å². The van der Waals surface area contributed by atoms with Crippen LogP contribution in [0.15, 0.2) is 12.2 Å². The van der Waals surface area contributed by atoms with E-state index < -0.39 is 11.9 Å². The molecule has 0 rings (SSSR count). The predicted octanol–water partition coefficient (Wildman–Crippen LogP) is 2.21. The molecule has 0 aromatic rings. The lowest BCUT2D eigenvalue weighted by Gasteiger charge is -2.01. The van der Waals surface area contributed by atoms with Crippen molar-refractivity contribution in [1.29, 1.82) is 0 Å². The fourth-order valence-corrected chi connectivity index (χ4v) is 0.761. The minimum Gasteiger partial charge on any atom is -0.390 e. The van der Waals surface area contributed by atoms with E-state index >= 15 is 0 Å². The van der Waals surface area contributed by atoms with Crippen LogP contribution in [0.2, 0.25) is 0 Å². The molecule has 0 radical (unpaired) electrons. The topological polar surface area (TPSA) is 43.4 Å². The summed E-state index contributed by atoms with van der Waals surface area (Å²) in [6, 6.07) is 0. The Balaban J connectivity index is 3.62. The molecule has 0 saturated heterocycles. The Labute approximate surface area is 78.8 Å². The maximum Gasteiger partial charge on any atom is 0.340 e. The van der Waals surface area contributed by atoms with E-state index in [1.807, 2.05) is 6.92 Å². The van der Waals surface area contributed by atoms with Crippen LogP contribution < -0.4 is 0 Å². The van der Waals surface area contributed by atoms with Crippen LogP contribution >= 0.6 is 0 Å². The molecule has 0 aliphatic carbocycles. The van der Waals surface area contributed by atoms with Gasteiger partial charge in [-0.2, -0.15) is 0 Å². The van der Waals surface area contributed by atoms with Crippen LogP contribution in [-0.2, 0) is 14.3 Å². The Morgan fingerprint density at radius 3 is 2.38 bits per heavy atom. The van der Waals surface area contributed by atoms with Crippen LogP contribution in [0.25, 0.3) is 0 Å². The average molecular weight is 184 g/mol. The number of carbonyl (C=O) groups excluding carboxylic acids is 2. The van der Waals surface area contributed by atoms with Gasteiger partial charge in [0.25, 0.3) is 0 Å². The summed E-state index contributed by atoms with van der Waals surface area (Å²) < 4.78 is 4.48. The van der Waals surface area contributed by atoms with E-state index in [0.717, 1.165) is 19.3 Å². The van der Waals surface area contributed by atoms with Gasteiger partial charge in [-0.3, -0.25) is 4.79 Å². The second-order valence-electron chi connectivity index (χ2n) is 3.00. The molecule has 0 fully saturated rings. The fraction of sp³-hybridized carbons (Fsp3) is 0.600. The lowest BCUT2D eigenvalue weighted by atomic mass is 10.2. The molecule has 0 bridgehead atoms. The number of unbranched alkanes of at least 4 members (excludes halogenated alkanes) is 2. The Hall–Kier alpha value is -1.12. The molecule has 0 aliphatic rings. The van der Waals surface area contributed by atoms with Crippen LogP contribution in [-0.4, -0.2) is 11.9 Å². The molecule has 0 spiro atoms. The minimum absolute atomic E-state index is 0.254. The summed E-state index contributed by atoms with van der Waals surface area (Å²) in [5.74, 6) is -1.08. The number of hydrogen-bond acceptors (Lipinski definition) is 3. The first-order valence-corrected chi connectivity index (χ1v) is 4.48. The van der Waals surface area contributed by atoms with Crippen molar-refractivity contribution in [1.82, 2.24) is 0 Å². The summed E-state index contributed by atoms with van der Waals surface area (Å²) in [7, 11) is 0. The van der Waals surface area contributed by atoms with Crippen molar-refractivity contribution in [3.05, 3.63) is 12.2 Å². The van der Waals surface area contributed by atoms with Gasteiger partial charge in [-0.15, -0.1) is 0 Å². The van der Waals surface area contributed by atoms with Gasteiger partial charge in [0.15, 0.2) is 0 Å². The van der Waals surface area contributed by atoms with Crippen LogP contribution in [0, 0.1) is 0 Å². The van der Waals surface area contributed by atoms with Gasteiger partial charge in [-0.05, 0) is 13.3 Å². The van der Waals surface area contributed by atoms with Gasteiger partial charge in [0.05, 0.1) is 0 Å². The van der Waals surface area contributed by atoms with E-state index in [1.165, 1.54) is 6.92 Å². The molecule has 0 aromatic heterocycles. The van der Waals surface area contributed by atoms with E-state index in [2.05, 4.69) is 11.3 Å². The number of hydrogen-bond donors (Lipinski definition) is 0. The molecule has 0 aliphatic heterocycles. The fourth-order valence-electron chi connectivity index (χ4n) is 0.761.